The van der Waals surface area contributed by atoms with Crippen LogP contribution in [0.1, 0.15) is 23.9 Å². The molecule has 0 saturated heterocycles. The lowest BCUT2D eigenvalue weighted by molar-refractivity contribution is 0.413. The van der Waals surface area contributed by atoms with Gasteiger partial charge < -0.3 is 4.74 Å². The van der Waals surface area contributed by atoms with Crippen LogP contribution in [0.4, 0.5) is 0 Å². The molecule has 18 heavy (non-hydrogen) atoms. The molecular weight excluding hydrogens is 250 g/mol. The first-order valence-corrected chi connectivity index (χ1v) is 6.40. The minimum Gasteiger partial charge on any atom is -0.421 e. The molecule has 0 aliphatic rings. The maximum atomic E-state index is 5.87. The zero-order chi connectivity index (χ0) is 13.1. The highest BCUT2D eigenvalue weighted by Crippen LogP contribution is 2.22. The number of pyridine rings is 1. The van der Waals surface area contributed by atoms with Gasteiger partial charge in [0.25, 0.3) is 0 Å². The molecule has 96 valence electrons. The Labute approximate surface area is 112 Å². The van der Waals surface area contributed by atoms with Gasteiger partial charge in [0.1, 0.15) is 0 Å². The molecule has 0 amide bonds. The zero-order valence-corrected chi connectivity index (χ0v) is 11.5. The van der Waals surface area contributed by atoms with Gasteiger partial charge in [0.15, 0.2) is 0 Å². The van der Waals surface area contributed by atoms with Crippen molar-refractivity contribution >= 4 is 11.6 Å². The molecule has 2 rings (SSSR count). The first-order chi connectivity index (χ1) is 8.62. The second kappa shape index (κ2) is 5.40. The molecule has 0 N–H and O–H groups in total. The topological polar surface area (TPSA) is 39.9 Å². The lowest BCUT2D eigenvalue weighted by Gasteiger charge is -2.07. The maximum Gasteiger partial charge on any atom is 0.221 e. The number of aryl methyl sites for hydroxylation is 3. The van der Waals surface area contributed by atoms with E-state index < -0.39 is 0 Å². The van der Waals surface area contributed by atoms with Crippen molar-refractivity contribution in [1.29, 1.82) is 0 Å². The van der Waals surface area contributed by atoms with Crippen LogP contribution < -0.4 is 4.74 Å². The Bertz CT molecular complexity index is 529. The third-order valence-corrected chi connectivity index (χ3v) is 2.91. The van der Waals surface area contributed by atoms with E-state index in [4.69, 9.17) is 16.3 Å². The monoisotopic (exact) mass is 265 g/mol. The van der Waals surface area contributed by atoms with Crippen LogP contribution in [0.2, 0.25) is 0 Å². The number of nitrogens with zero attached hydrogens (tertiary/aromatic N) is 3. The molecule has 0 unspecified atom stereocenters. The predicted molar refractivity (Wildman–Crippen MR) is 71.2 cm³/mol. The molecule has 0 saturated carbocycles. The summed E-state index contributed by atoms with van der Waals surface area (Å²) in [6.45, 7) is 3.98. The number of rotatable bonds is 4. The van der Waals surface area contributed by atoms with Gasteiger partial charge in [0, 0.05) is 30.8 Å². The molecular formula is C13H16ClN3O. The van der Waals surface area contributed by atoms with E-state index in [1.807, 2.05) is 32.2 Å². The molecule has 0 spiro atoms. The highest BCUT2D eigenvalue weighted by molar-refractivity contribution is 6.17. The van der Waals surface area contributed by atoms with Gasteiger partial charge in [-0.3, -0.25) is 0 Å². The molecule has 0 radical (unpaired) electrons. The molecule has 0 bridgehead atoms. The van der Waals surface area contributed by atoms with E-state index in [0.717, 1.165) is 23.4 Å². The largest absolute Gasteiger partial charge is 0.421 e. The summed E-state index contributed by atoms with van der Waals surface area (Å²) in [6, 6.07) is 5.73. The summed E-state index contributed by atoms with van der Waals surface area (Å²) in [5, 5.41) is 4.23. The van der Waals surface area contributed by atoms with Gasteiger partial charge in [0.05, 0.1) is 5.69 Å². The normalized spacial score (nSPS) is 10.7. The van der Waals surface area contributed by atoms with E-state index in [1.165, 1.54) is 0 Å². The molecule has 5 heteroatoms. The third-order valence-electron chi connectivity index (χ3n) is 2.60. The summed E-state index contributed by atoms with van der Waals surface area (Å²) in [5.74, 6) is 1.69. The lowest BCUT2D eigenvalue weighted by Crippen LogP contribution is -1.99. The first-order valence-electron chi connectivity index (χ1n) is 5.86. The van der Waals surface area contributed by atoms with Gasteiger partial charge >= 0.3 is 0 Å². The standard InChI is InChI=1S/C13H16ClN3O/c1-4-11-6-10(8-14)7-12(15-11)18-13-5-9(2)16-17(13)3/h5-7H,4,8H2,1-3H3. The van der Waals surface area contributed by atoms with Crippen LogP contribution in [0.25, 0.3) is 0 Å². The first kappa shape index (κ1) is 12.9. The summed E-state index contributed by atoms with van der Waals surface area (Å²) >= 11 is 5.87. The summed E-state index contributed by atoms with van der Waals surface area (Å²) in [5.41, 5.74) is 2.90. The van der Waals surface area contributed by atoms with Gasteiger partial charge in [0.2, 0.25) is 11.8 Å². The smallest absolute Gasteiger partial charge is 0.221 e. The quantitative estimate of drug-likeness (QED) is 0.797. The number of alkyl halides is 1. The van der Waals surface area contributed by atoms with E-state index in [0.29, 0.717) is 17.6 Å². The molecule has 0 fully saturated rings. The van der Waals surface area contributed by atoms with Gasteiger partial charge in [-0.25, -0.2) is 9.67 Å². The van der Waals surface area contributed by atoms with Crippen LogP contribution in [-0.2, 0) is 19.3 Å². The van der Waals surface area contributed by atoms with Crippen molar-refractivity contribution in [3.8, 4) is 11.8 Å². The molecule has 2 aromatic heterocycles. The Morgan fingerprint density at radius 1 is 1.33 bits per heavy atom. The Hall–Kier alpha value is -1.55. The van der Waals surface area contributed by atoms with Gasteiger partial charge in [-0.15, -0.1) is 11.6 Å². The second-order valence-corrected chi connectivity index (χ2v) is 4.41. The number of aromatic nitrogens is 3. The molecule has 0 aromatic carbocycles. The SMILES string of the molecule is CCc1cc(CCl)cc(Oc2cc(C)nn2C)n1. The second-order valence-electron chi connectivity index (χ2n) is 4.14. The Balaban J connectivity index is 2.30. The van der Waals surface area contributed by atoms with E-state index in [9.17, 15) is 0 Å². The predicted octanol–water partition coefficient (Wildman–Crippen LogP) is 3.22. The van der Waals surface area contributed by atoms with Crippen LogP contribution in [0, 0.1) is 6.92 Å². The van der Waals surface area contributed by atoms with Gasteiger partial charge in [-0.1, -0.05) is 6.92 Å². The summed E-state index contributed by atoms with van der Waals surface area (Å²) < 4.78 is 7.44. The minimum atomic E-state index is 0.455. The highest BCUT2D eigenvalue weighted by atomic mass is 35.5. The van der Waals surface area contributed by atoms with Crippen LogP contribution in [-0.4, -0.2) is 14.8 Å². The van der Waals surface area contributed by atoms with E-state index in [1.54, 1.807) is 4.68 Å². The number of ether oxygens (including phenoxy) is 1. The molecule has 2 heterocycles. The van der Waals surface area contributed by atoms with E-state index in [-0.39, 0.29) is 0 Å². The van der Waals surface area contributed by atoms with Crippen molar-refractivity contribution in [3.63, 3.8) is 0 Å². The molecule has 2 aromatic rings. The van der Waals surface area contributed by atoms with Crippen molar-refractivity contribution in [1.82, 2.24) is 14.8 Å². The van der Waals surface area contributed by atoms with Crippen molar-refractivity contribution in [3.05, 3.63) is 35.2 Å². The van der Waals surface area contributed by atoms with E-state index >= 15 is 0 Å². The average Bonchev–Trinajstić information content (AvgIpc) is 2.67. The molecule has 0 aliphatic heterocycles. The molecule has 0 atom stereocenters. The van der Waals surface area contributed by atoms with Crippen LogP contribution in [0.5, 0.6) is 11.8 Å². The fraction of sp³-hybridized carbons (Fsp3) is 0.385. The van der Waals surface area contributed by atoms with Crippen molar-refractivity contribution in [2.75, 3.05) is 0 Å². The maximum absolute atomic E-state index is 5.87. The fourth-order valence-electron chi connectivity index (χ4n) is 1.72. The highest BCUT2D eigenvalue weighted by Gasteiger charge is 2.07. The summed E-state index contributed by atoms with van der Waals surface area (Å²) in [4.78, 5) is 4.42. The van der Waals surface area contributed by atoms with Crippen molar-refractivity contribution < 1.29 is 4.74 Å². The van der Waals surface area contributed by atoms with Crippen LogP contribution in [0.15, 0.2) is 18.2 Å². The Kier molecular flexibility index (Phi) is 3.87. The minimum absolute atomic E-state index is 0.455. The van der Waals surface area contributed by atoms with Gasteiger partial charge in [-0.2, -0.15) is 5.10 Å². The Morgan fingerprint density at radius 3 is 2.67 bits per heavy atom. The zero-order valence-electron chi connectivity index (χ0n) is 10.8. The van der Waals surface area contributed by atoms with Crippen LogP contribution in [0.3, 0.4) is 0 Å². The summed E-state index contributed by atoms with van der Waals surface area (Å²) in [7, 11) is 1.84. The molecule has 0 aliphatic carbocycles. The Morgan fingerprint density at radius 2 is 2.11 bits per heavy atom. The van der Waals surface area contributed by atoms with Gasteiger partial charge in [-0.05, 0) is 25.0 Å². The number of hydrogen-bond donors (Lipinski definition) is 0. The lowest BCUT2D eigenvalue weighted by atomic mass is 10.2. The van der Waals surface area contributed by atoms with Crippen LogP contribution >= 0.6 is 11.6 Å². The average molecular weight is 266 g/mol. The third kappa shape index (κ3) is 2.82. The number of hydrogen-bond acceptors (Lipinski definition) is 3. The van der Waals surface area contributed by atoms with Crippen molar-refractivity contribution in [2.24, 2.45) is 7.05 Å². The summed E-state index contributed by atoms with van der Waals surface area (Å²) in [6.07, 6.45) is 0.853. The fourth-order valence-corrected chi connectivity index (χ4v) is 1.87. The number of halogens is 1. The van der Waals surface area contributed by atoms with E-state index in [2.05, 4.69) is 17.0 Å². The molecule has 4 nitrogen and oxygen atoms in total. The van der Waals surface area contributed by atoms with Crippen molar-refractivity contribution in [2.45, 2.75) is 26.1 Å².